The molecule has 3 aliphatic heterocycles. The number of benzene rings is 2. The van der Waals surface area contributed by atoms with Crippen molar-refractivity contribution >= 4 is 40.9 Å². The van der Waals surface area contributed by atoms with Gasteiger partial charge in [-0.2, -0.15) is 0 Å². The van der Waals surface area contributed by atoms with E-state index in [4.69, 9.17) is 28.2 Å². The third kappa shape index (κ3) is 7.35. The highest BCUT2D eigenvalue weighted by atomic mass is 35.5. The van der Waals surface area contributed by atoms with Crippen molar-refractivity contribution in [2.24, 2.45) is 5.92 Å². The first-order valence-electron chi connectivity index (χ1n) is 15.9. The van der Waals surface area contributed by atoms with Crippen molar-refractivity contribution in [2.75, 3.05) is 52.4 Å². The summed E-state index contributed by atoms with van der Waals surface area (Å²) in [5, 5.41) is 1.29. The normalized spacial score (nSPS) is 18.7. The van der Waals surface area contributed by atoms with E-state index in [9.17, 15) is 14.4 Å². The second-order valence-corrected chi connectivity index (χ2v) is 13.2. The lowest BCUT2D eigenvalue weighted by molar-refractivity contribution is -0.141. The van der Waals surface area contributed by atoms with E-state index in [0.29, 0.717) is 59.2 Å². The van der Waals surface area contributed by atoms with Gasteiger partial charge in [-0.25, -0.2) is 4.98 Å². The summed E-state index contributed by atoms with van der Waals surface area (Å²) in [5.41, 5.74) is 3.81. The van der Waals surface area contributed by atoms with Gasteiger partial charge >= 0.3 is 0 Å². The van der Waals surface area contributed by atoms with Crippen LogP contribution >= 0.6 is 23.2 Å². The second kappa shape index (κ2) is 13.9. The van der Waals surface area contributed by atoms with E-state index in [1.54, 1.807) is 6.92 Å². The van der Waals surface area contributed by atoms with Crippen molar-refractivity contribution in [1.82, 2.24) is 24.6 Å². The van der Waals surface area contributed by atoms with Crippen LogP contribution in [0.4, 0.5) is 0 Å². The number of amides is 3. The van der Waals surface area contributed by atoms with E-state index in [1.165, 1.54) is 0 Å². The highest BCUT2D eigenvalue weighted by Crippen LogP contribution is 2.29. The number of rotatable bonds is 5. The molecule has 3 aromatic rings. The van der Waals surface area contributed by atoms with Crippen LogP contribution < -0.4 is 0 Å². The molecular formula is C35H39Cl2N5O3. The molecule has 6 rings (SSSR count). The lowest BCUT2D eigenvalue weighted by Crippen LogP contribution is -2.55. The number of pyridine rings is 1. The summed E-state index contributed by atoms with van der Waals surface area (Å²) in [6.45, 7) is 7.43. The quantitative estimate of drug-likeness (QED) is 0.354. The zero-order valence-corrected chi connectivity index (χ0v) is 27.1. The van der Waals surface area contributed by atoms with Crippen LogP contribution in [0.15, 0.2) is 60.7 Å². The molecule has 8 nitrogen and oxygen atoms in total. The number of carbonyl (C=O) groups excluding carboxylic acids is 3. The molecule has 45 heavy (non-hydrogen) atoms. The lowest BCUT2D eigenvalue weighted by Gasteiger charge is -2.43. The second-order valence-electron chi connectivity index (χ2n) is 12.3. The zero-order valence-electron chi connectivity index (χ0n) is 25.6. The largest absolute Gasteiger partial charge is 0.343 e. The monoisotopic (exact) mass is 647 g/mol. The molecule has 0 radical (unpaired) electrons. The Bertz CT molecular complexity index is 1460. The maximum Gasteiger partial charge on any atom is 0.254 e. The summed E-state index contributed by atoms with van der Waals surface area (Å²) in [5.74, 6) is 0.369. The average molecular weight is 649 g/mol. The number of carbonyl (C=O) groups is 3. The van der Waals surface area contributed by atoms with Crippen LogP contribution in [0.25, 0.3) is 22.5 Å². The number of hydrogen-bond acceptors (Lipinski definition) is 5. The van der Waals surface area contributed by atoms with E-state index in [2.05, 4.69) is 4.90 Å². The van der Waals surface area contributed by atoms with Crippen molar-refractivity contribution < 1.29 is 14.4 Å². The molecule has 2 aromatic carbocycles. The van der Waals surface area contributed by atoms with Gasteiger partial charge in [0.15, 0.2) is 0 Å². The number of hydrogen-bond donors (Lipinski definition) is 0. The molecule has 0 N–H and O–H groups in total. The van der Waals surface area contributed by atoms with Crippen molar-refractivity contribution in [2.45, 2.75) is 38.6 Å². The Labute approximate surface area is 274 Å². The Kier molecular flexibility index (Phi) is 9.73. The molecule has 3 amide bonds. The molecule has 4 heterocycles. The van der Waals surface area contributed by atoms with Gasteiger partial charge in [-0.05, 0) is 62.1 Å². The summed E-state index contributed by atoms with van der Waals surface area (Å²) in [7, 11) is 0. The van der Waals surface area contributed by atoms with Crippen LogP contribution in [-0.2, 0) is 9.59 Å². The van der Waals surface area contributed by atoms with E-state index in [-0.39, 0.29) is 23.6 Å². The van der Waals surface area contributed by atoms with Crippen molar-refractivity contribution in [3.8, 4) is 22.5 Å². The van der Waals surface area contributed by atoms with E-state index in [1.807, 2.05) is 75.4 Å². The summed E-state index contributed by atoms with van der Waals surface area (Å²) in [6.07, 6.45) is 3.42. The molecule has 3 aliphatic rings. The minimum Gasteiger partial charge on any atom is -0.343 e. The fraction of sp³-hybridized carbons (Fsp3) is 0.429. The van der Waals surface area contributed by atoms with Gasteiger partial charge in [0.2, 0.25) is 11.8 Å². The molecule has 0 bridgehead atoms. The molecule has 0 spiro atoms. The third-order valence-corrected chi connectivity index (χ3v) is 10.0. The first-order chi connectivity index (χ1) is 21.7. The number of nitrogens with zero attached hydrogens (tertiary/aromatic N) is 5. The standard InChI is InChI=1S/C35H39Cl2N5O3/c1-24(43)39-14-10-27(11-15-39)34(44)41-16-12-31(13-17-41)40-18-20-42(21-19-40)35(45)28-22-32(25-2-6-29(36)7-3-25)38-33(23-28)26-4-8-30(37)9-5-26/h2-9,22-23,27,31H,10-21H2,1H3. The van der Waals surface area contributed by atoms with Gasteiger partial charge < -0.3 is 14.7 Å². The molecule has 0 unspecified atom stereocenters. The minimum atomic E-state index is -0.00119. The van der Waals surface area contributed by atoms with Gasteiger partial charge in [0, 0.05) is 98.0 Å². The smallest absolute Gasteiger partial charge is 0.254 e. The van der Waals surface area contributed by atoms with Crippen molar-refractivity contribution in [1.29, 1.82) is 0 Å². The Morgan fingerprint density at radius 3 is 1.62 bits per heavy atom. The zero-order chi connectivity index (χ0) is 31.5. The van der Waals surface area contributed by atoms with Gasteiger partial charge in [-0.3, -0.25) is 19.3 Å². The molecule has 3 fully saturated rings. The molecule has 10 heteroatoms. The SMILES string of the molecule is CC(=O)N1CCC(C(=O)N2CCC(N3CCN(C(=O)c4cc(-c5ccc(Cl)cc5)nc(-c5ccc(Cl)cc5)c4)CC3)CC2)CC1. The number of halogens is 2. The molecule has 3 saturated heterocycles. The number of aromatic nitrogens is 1. The first kappa shape index (κ1) is 31.5. The van der Waals surface area contributed by atoms with Gasteiger partial charge in [-0.15, -0.1) is 0 Å². The maximum atomic E-state index is 13.9. The Hall–Kier alpha value is -3.46. The summed E-state index contributed by atoms with van der Waals surface area (Å²) >= 11 is 12.3. The van der Waals surface area contributed by atoms with Gasteiger partial charge in [0.05, 0.1) is 11.4 Å². The predicted octanol–water partition coefficient (Wildman–Crippen LogP) is 5.73. The van der Waals surface area contributed by atoms with Crippen LogP contribution in [0, 0.1) is 5.92 Å². The van der Waals surface area contributed by atoms with Gasteiger partial charge in [-0.1, -0.05) is 47.5 Å². The van der Waals surface area contributed by atoms with Crippen LogP contribution in [0.3, 0.4) is 0 Å². The highest BCUT2D eigenvalue weighted by molar-refractivity contribution is 6.31. The van der Waals surface area contributed by atoms with Crippen LogP contribution in [0.5, 0.6) is 0 Å². The maximum absolute atomic E-state index is 13.9. The average Bonchev–Trinajstić information content (AvgIpc) is 3.08. The topological polar surface area (TPSA) is 77.1 Å². The summed E-state index contributed by atoms with van der Waals surface area (Å²) < 4.78 is 0. The van der Waals surface area contributed by atoms with Gasteiger partial charge in [0.1, 0.15) is 0 Å². The Balaban J connectivity index is 1.07. The molecule has 1 aromatic heterocycles. The molecule has 0 atom stereocenters. The number of piperidine rings is 2. The number of likely N-dealkylation sites (tertiary alicyclic amines) is 2. The summed E-state index contributed by atoms with van der Waals surface area (Å²) in [6, 6.07) is 19.1. The fourth-order valence-corrected chi connectivity index (χ4v) is 7.07. The van der Waals surface area contributed by atoms with Crippen LogP contribution in [0.2, 0.25) is 10.0 Å². The predicted molar refractivity (Wildman–Crippen MR) is 177 cm³/mol. The molecule has 0 saturated carbocycles. The number of piperazine rings is 1. The van der Waals surface area contributed by atoms with Crippen LogP contribution in [-0.4, -0.2) is 101 Å². The van der Waals surface area contributed by atoms with E-state index >= 15 is 0 Å². The first-order valence-corrected chi connectivity index (χ1v) is 16.6. The highest BCUT2D eigenvalue weighted by Gasteiger charge is 2.34. The van der Waals surface area contributed by atoms with Crippen molar-refractivity contribution in [3.05, 3.63) is 76.3 Å². The van der Waals surface area contributed by atoms with Gasteiger partial charge in [0.25, 0.3) is 5.91 Å². The Morgan fingerprint density at radius 1 is 0.644 bits per heavy atom. The van der Waals surface area contributed by atoms with Crippen LogP contribution in [0.1, 0.15) is 43.0 Å². The Morgan fingerprint density at radius 2 is 1.13 bits per heavy atom. The molecule has 0 aliphatic carbocycles. The van der Waals surface area contributed by atoms with Crippen molar-refractivity contribution in [3.63, 3.8) is 0 Å². The lowest BCUT2D eigenvalue weighted by atomic mass is 9.93. The van der Waals surface area contributed by atoms with E-state index in [0.717, 1.165) is 63.0 Å². The molecular weight excluding hydrogens is 609 g/mol. The third-order valence-electron chi connectivity index (χ3n) is 9.54. The molecule has 236 valence electrons. The fourth-order valence-electron chi connectivity index (χ4n) is 6.81. The van der Waals surface area contributed by atoms with E-state index < -0.39 is 0 Å². The summed E-state index contributed by atoms with van der Waals surface area (Å²) in [4.78, 5) is 51.9. The minimum absolute atomic E-state index is 0.00119.